The maximum Gasteiger partial charge on any atom is 0.243 e. The normalized spacial score (nSPS) is 19.0. The Labute approximate surface area is 205 Å². The Morgan fingerprint density at radius 1 is 1.19 bits per heavy atom. The van der Waals surface area contributed by atoms with Crippen LogP contribution in [-0.2, 0) is 14.3 Å². The fourth-order valence-electron chi connectivity index (χ4n) is 4.13. The van der Waals surface area contributed by atoms with Gasteiger partial charge in [-0.25, -0.2) is 4.99 Å². The van der Waals surface area contributed by atoms with Gasteiger partial charge in [-0.1, -0.05) is 12.8 Å². The molecule has 1 aliphatic carbocycles. The number of likely N-dealkylation sites (N-methyl/N-ethyl adjacent to an activating group) is 1. The molecule has 1 saturated carbocycles. The summed E-state index contributed by atoms with van der Waals surface area (Å²) in [5, 5.41) is 6.82. The third-order valence-corrected chi connectivity index (χ3v) is 5.95. The van der Waals surface area contributed by atoms with Crippen LogP contribution in [0.1, 0.15) is 45.4 Å². The van der Waals surface area contributed by atoms with E-state index in [-0.39, 0.29) is 36.4 Å². The van der Waals surface area contributed by atoms with Gasteiger partial charge in [0.1, 0.15) is 6.54 Å². The quantitative estimate of drug-likeness (QED) is 0.167. The van der Waals surface area contributed by atoms with Crippen LogP contribution >= 0.6 is 24.0 Å². The van der Waals surface area contributed by atoms with Crippen molar-refractivity contribution in [1.29, 1.82) is 0 Å². The fraction of sp³-hybridized carbons (Fsp3) is 0.909. The van der Waals surface area contributed by atoms with E-state index in [1.165, 1.54) is 25.7 Å². The summed E-state index contributed by atoms with van der Waals surface area (Å²) in [5.41, 5.74) is 0. The third-order valence-electron chi connectivity index (χ3n) is 5.95. The molecule has 0 aromatic rings. The summed E-state index contributed by atoms with van der Waals surface area (Å²) in [5.74, 6) is 1.40. The van der Waals surface area contributed by atoms with Gasteiger partial charge in [-0.2, -0.15) is 0 Å². The zero-order valence-electron chi connectivity index (χ0n) is 19.7. The van der Waals surface area contributed by atoms with Crippen LogP contribution in [-0.4, -0.2) is 101 Å². The number of ether oxygens (including phenoxy) is 2. The molecule has 2 aliphatic rings. The van der Waals surface area contributed by atoms with Crippen molar-refractivity contribution in [2.45, 2.75) is 51.6 Å². The highest BCUT2D eigenvalue weighted by molar-refractivity contribution is 14.0. The number of hydrogen-bond acceptors (Lipinski definition) is 5. The van der Waals surface area contributed by atoms with E-state index in [1.54, 1.807) is 19.0 Å². The second-order valence-corrected chi connectivity index (χ2v) is 8.44. The van der Waals surface area contributed by atoms with Crippen LogP contribution in [0.5, 0.6) is 0 Å². The molecule has 0 aromatic carbocycles. The molecule has 0 radical (unpaired) electrons. The Hall–Kier alpha value is -0.650. The third kappa shape index (κ3) is 11.7. The van der Waals surface area contributed by atoms with Crippen LogP contribution < -0.4 is 10.6 Å². The lowest BCUT2D eigenvalue weighted by Crippen LogP contribution is -2.42. The van der Waals surface area contributed by atoms with Gasteiger partial charge in [-0.3, -0.25) is 9.69 Å². The zero-order chi connectivity index (χ0) is 21.6. The molecule has 0 spiro atoms. The number of carbonyl (C=O) groups excluding carboxylic acids is 1. The number of halogens is 1. The number of aliphatic imine (C=N–C) groups is 1. The first-order valence-electron chi connectivity index (χ1n) is 11.7. The largest absolute Gasteiger partial charge is 0.379 e. The van der Waals surface area contributed by atoms with E-state index in [9.17, 15) is 4.79 Å². The maximum absolute atomic E-state index is 11.9. The van der Waals surface area contributed by atoms with Crippen molar-refractivity contribution in [3.05, 3.63) is 0 Å². The monoisotopic (exact) mass is 553 g/mol. The molecule has 2 fully saturated rings. The smallest absolute Gasteiger partial charge is 0.243 e. The molecular formula is C22H44IN5O3. The summed E-state index contributed by atoms with van der Waals surface area (Å²) in [6.45, 7) is 9.35. The Morgan fingerprint density at radius 2 is 1.87 bits per heavy atom. The minimum Gasteiger partial charge on any atom is -0.379 e. The highest BCUT2D eigenvalue weighted by Gasteiger charge is 2.25. The zero-order valence-corrected chi connectivity index (χ0v) is 22.1. The van der Waals surface area contributed by atoms with E-state index in [0.717, 1.165) is 65.4 Å². The van der Waals surface area contributed by atoms with Gasteiger partial charge in [0.05, 0.1) is 19.3 Å². The maximum atomic E-state index is 11.9. The molecule has 2 N–H and O–H groups in total. The summed E-state index contributed by atoms with van der Waals surface area (Å²) < 4.78 is 11.4. The average Bonchev–Trinajstić information content (AvgIpc) is 3.29. The van der Waals surface area contributed by atoms with Gasteiger partial charge in [0.15, 0.2) is 5.96 Å². The van der Waals surface area contributed by atoms with Gasteiger partial charge < -0.3 is 25.0 Å². The average molecular weight is 554 g/mol. The number of rotatable bonds is 12. The van der Waals surface area contributed by atoms with E-state index in [1.807, 2.05) is 0 Å². The van der Waals surface area contributed by atoms with Gasteiger partial charge in [0, 0.05) is 46.9 Å². The van der Waals surface area contributed by atoms with Gasteiger partial charge in [0.2, 0.25) is 5.91 Å². The van der Waals surface area contributed by atoms with Crippen molar-refractivity contribution < 1.29 is 14.3 Å². The molecule has 9 heteroatoms. The first-order valence-corrected chi connectivity index (χ1v) is 11.7. The van der Waals surface area contributed by atoms with Gasteiger partial charge in [-0.15, -0.1) is 24.0 Å². The first kappa shape index (κ1) is 28.4. The van der Waals surface area contributed by atoms with Crippen molar-refractivity contribution in [1.82, 2.24) is 20.4 Å². The van der Waals surface area contributed by atoms with E-state index in [0.29, 0.717) is 18.0 Å². The second-order valence-electron chi connectivity index (χ2n) is 8.44. The van der Waals surface area contributed by atoms with E-state index < -0.39 is 0 Å². The standard InChI is InChI=1S/C22H43N5O3.HI/c1-4-30-20(19-8-5-6-9-19)10-12-24-22(25-18-21(28)26(2)3)23-11-7-13-27-14-16-29-17-15-27;/h19-20H,4-18H2,1-3H3,(H2,23,24,25);1H. The molecule has 1 saturated heterocycles. The number of hydrogen-bond donors (Lipinski definition) is 2. The van der Waals surface area contributed by atoms with Gasteiger partial charge in [-0.05, 0) is 45.1 Å². The summed E-state index contributed by atoms with van der Waals surface area (Å²) in [4.78, 5) is 20.5. The predicted octanol–water partition coefficient (Wildman–Crippen LogP) is 1.94. The molecule has 0 aromatic heterocycles. The van der Waals surface area contributed by atoms with Crippen molar-refractivity contribution >= 4 is 35.8 Å². The Bertz CT molecular complexity index is 509. The number of nitrogens with one attached hydrogen (secondary N) is 2. The number of amides is 1. The molecule has 0 bridgehead atoms. The van der Waals surface area contributed by atoms with Crippen LogP contribution in [0.2, 0.25) is 0 Å². The molecule has 1 unspecified atom stereocenters. The fourth-order valence-corrected chi connectivity index (χ4v) is 4.13. The lowest BCUT2D eigenvalue weighted by atomic mass is 9.98. The van der Waals surface area contributed by atoms with Crippen molar-refractivity contribution in [3.63, 3.8) is 0 Å². The van der Waals surface area contributed by atoms with Crippen LogP contribution in [0, 0.1) is 5.92 Å². The number of nitrogens with zero attached hydrogens (tertiary/aromatic N) is 3. The lowest BCUT2D eigenvalue weighted by molar-refractivity contribution is -0.127. The summed E-state index contributed by atoms with van der Waals surface area (Å²) in [7, 11) is 3.52. The number of carbonyl (C=O) groups is 1. The van der Waals surface area contributed by atoms with Crippen molar-refractivity contribution in [2.24, 2.45) is 10.9 Å². The van der Waals surface area contributed by atoms with E-state index in [4.69, 9.17) is 9.47 Å². The number of morpholine rings is 1. The molecule has 1 heterocycles. The van der Waals surface area contributed by atoms with Crippen molar-refractivity contribution in [3.8, 4) is 0 Å². The minimum atomic E-state index is 0. The summed E-state index contributed by atoms with van der Waals surface area (Å²) in [6, 6.07) is 0. The Kier molecular flexibility index (Phi) is 15.5. The molecular weight excluding hydrogens is 509 g/mol. The molecule has 1 amide bonds. The van der Waals surface area contributed by atoms with Crippen LogP contribution in [0.25, 0.3) is 0 Å². The SMILES string of the molecule is CCOC(CCNC(=NCC(=O)N(C)C)NCCCN1CCOCC1)C1CCCC1.I. The van der Waals surface area contributed by atoms with Crippen LogP contribution in [0.3, 0.4) is 0 Å². The molecule has 2 rings (SSSR count). The topological polar surface area (TPSA) is 78.4 Å². The van der Waals surface area contributed by atoms with E-state index >= 15 is 0 Å². The van der Waals surface area contributed by atoms with Gasteiger partial charge >= 0.3 is 0 Å². The highest BCUT2D eigenvalue weighted by atomic mass is 127. The summed E-state index contributed by atoms with van der Waals surface area (Å²) in [6.07, 6.45) is 7.53. The number of guanidine groups is 1. The molecule has 31 heavy (non-hydrogen) atoms. The lowest BCUT2D eigenvalue weighted by Gasteiger charge is -2.26. The molecule has 182 valence electrons. The summed E-state index contributed by atoms with van der Waals surface area (Å²) >= 11 is 0. The van der Waals surface area contributed by atoms with Crippen LogP contribution in [0.4, 0.5) is 0 Å². The van der Waals surface area contributed by atoms with Gasteiger partial charge in [0.25, 0.3) is 0 Å². The minimum absolute atomic E-state index is 0. The second kappa shape index (κ2) is 16.9. The van der Waals surface area contributed by atoms with Crippen LogP contribution in [0.15, 0.2) is 4.99 Å². The molecule has 1 atom stereocenters. The molecule has 1 aliphatic heterocycles. The predicted molar refractivity (Wildman–Crippen MR) is 136 cm³/mol. The van der Waals surface area contributed by atoms with Crippen molar-refractivity contribution in [2.75, 3.05) is 73.2 Å². The first-order chi connectivity index (χ1) is 14.6. The Balaban J connectivity index is 0.00000480. The molecule has 8 nitrogen and oxygen atoms in total. The Morgan fingerprint density at radius 3 is 2.52 bits per heavy atom. The van der Waals surface area contributed by atoms with E-state index in [2.05, 4.69) is 27.4 Å². The highest BCUT2D eigenvalue weighted by Crippen LogP contribution is 2.30.